The van der Waals surface area contributed by atoms with Crippen LogP contribution in [0.3, 0.4) is 0 Å². The molecule has 2 heterocycles. The fourth-order valence-corrected chi connectivity index (χ4v) is 3.10. The second-order valence-electron chi connectivity index (χ2n) is 4.61. The number of hydrogen-bond acceptors (Lipinski definition) is 3. The molecular formula is C13H16BrN3. The minimum Gasteiger partial charge on any atom is -0.357 e. The fraction of sp³-hybridized carbons (Fsp3) is 0.385. The molecule has 2 aliphatic rings. The van der Waals surface area contributed by atoms with Gasteiger partial charge in [0.2, 0.25) is 0 Å². The number of nitrogens with two attached hydrogens (primary N) is 1. The minimum atomic E-state index is 0.0373. The van der Waals surface area contributed by atoms with E-state index in [-0.39, 0.29) is 6.04 Å². The van der Waals surface area contributed by atoms with E-state index in [1.54, 1.807) is 0 Å². The van der Waals surface area contributed by atoms with E-state index in [4.69, 9.17) is 5.73 Å². The first-order valence-electron chi connectivity index (χ1n) is 5.96. The lowest BCUT2D eigenvalue weighted by atomic mass is 9.94. The molecule has 0 radical (unpaired) electrons. The van der Waals surface area contributed by atoms with Gasteiger partial charge in [-0.2, -0.15) is 0 Å². The van der Waals surface area contributed by atoms with Gasteiger partial charge in [-0.3, -0.25) is 4.90 Å². The zero-order valence-electron chi connectivity index (χ0n) is 9.83. The number of rotatable bonds is 1. The summed E-state index contributed by atoms with van der Waals surface area (Å²) in [5.41, 5.74) is 11.3. The molecule has 3 nitrogen and oxygen atoms in total. The average molecular weight is 294 g/mol. The van der Waals surface area contributed by atoms with Crippen LogP contribution in [0.2, 0.25) is 0 Å². The summed E-state index contributed by atoms with van der Waals surface area (Å²) in [6.07, 6.45) is 0. The molecular weight excluding hydrogens is 278 g/mol. The zero-order chi connectivity index (χ0) is 12.0. The Morgan fingerprint density at radius 3 is 3.06 bits per heavy atom. The number of likely N-dealkylation sites (N-methyl/N-ethyl adjacent to an activating group) is 1. The second-order valence-corrected chi connectivity index (χ2v) is 5.47. The molecule has 0 amide bonds. The third-order valence-electron chi connectivity index (χ3n) is 3.64. The lowest BCUT2D eigenvalue weighted by molar-refractivity contribution is 0.362. The van der Waals surface area contributed by atoms with Gasteiger partial charge in [0.25, 0.3) is 0 Å². The highest BCUT2D eigenvalue weighted by molar-refractivity contribution is 9.10. The standard InChI is InChI=1S/C13H16BrN3/c1-2-17-6-9-11(7-17)16-13-8(12(9)15)4-3-5-10(13)14/h3-5,12,16H,2,6-7,15H2,1H3. The van der Waals surface area contributed by atoms with E-state index < -0.39 is 0 Å². The van der Waals surface area contributed by atoms with Crippen LogP contribution in [-0.4, -0.2) is 24.5 Å². The summed E-state index contributed by atoms with van der Waals surface area (Å²) in [6.45, 7) is 5.23. The van der Waals surface area contributed by atoms with E-state index in [2.05, 4.69) is 45.2 Å². The molecule has 2 aliphatic heterocycles. The van der Waals surface area contributed by atoms with Gasteiger partial charge >= 0.3 is 0 Å². The first-order chi connectivity index (χ1) is 8.20. The number of nitrogens with zero attached hydrogens (tertiary/aromatic N) is 1. The van der Waals surface area contributed by atoms with Crippen molar-refractivity contribution in [2.24, 2.45) is 5.73 Å². The fourth-order valence-electron chi connectivity index (χ4n) is 2.62. The molecule has 0 saturated heterocycles. The van der Waals surface area contributed by atoms with Crippen LogP contribution in [0.1, 0.15) is 18.5 Å². The molecule has 0 fully saturated rings. The van der Waals surface area contributed by atoms with E-state index in [9.17, 15) is 0 Å². The van der Waals surface area contributed by atoms with E-state index in [0.717, 1.165) is 29.8 Å². The Hall–Kier alpha value is -0.840. The van der Waals surface area contributed by atoms with Crippen LogP contribution in [0.15, 0.2) is 33.9 Å². The van der Waals surface area contributed by atoms with Crippen LogP contribution in [0.4, 0.5) is 5.69 Å². The predicted molar refractivity (Wildman–Crippen MR) is 73.8 cm³/mol. The van der Waals surface area contributed by atoms with Gasteiger partial charge in [0, 0.05) is 23.3 Å². The summed E-state index contributed by atoms with van der Waals surface area (Å²) in [5.74, 6) is 0. The molecule has 1 atom stereocenters. The van der Waals surface area contributed by atoms with Crippen molar-refractivity contribution in [3.63, 3.8) is 0 Å². The molecule has 1 aromatic rings. The minimum absolute atomic E-state index is 0.0373. The van der Waals surface area contributed by atoms with Crippen molar-refractivity contribution in [1.82, 2.24) is 4.90 Å². The maximum atomic E-state index is 6.37. The van der Waals surface area contributed by atoms with Crippen molar-refractivity contribution in [3.8, 4) is 0 Å². The zero-order valence-corrected chi connectivity index (χ0v) is 11.4. The summed E-state index contributed by atoms with van der Waals surface area (Å²) in [4.78, 5) is 2.40. The Labute approximate surface area is 110 Å². The first kappa shape index (κ1) is 11.3. The topological polar surface area (TPSA) is 41.3 Å². The van der Waals surface area contributed by atoms with Crippen molar-refractivity contribution >= 4 is 21.6 Å². The van der Waals surface area contributed by atoms with Gasteiger partial charge < -0.3 is 11.1 Å². The van der Waals surface area contributed by atoms with Crippen LogP contribution in [-0.2, 0) is 0 Å². The third kappa shape index (κ3) is 1.71. The summed E-state index contributed by atoms with van der Waals surface area (Å²) in [5, 5.41) is 3.53. The van der Waals surface area contributed by atoms with Gasteiger partial charge in [0.05, 0.1) is 11.7 Å². The molecule has 3 N–H and O–H groups in total. The van der Waals surface area contributed by atoms with Gasteiger partial charge in [0.15, 0.2) is 0 Å². The molecule has 3 rings (SSSR count). The van der Waals surface area contributed by atoms with Crippen LogP contribution < -0.4 is 11.1 Å². The highest BCUT2D eigenvalue weighted by atomic mass is 79.9. The lowest BCUT2D eigenvalue weighted by Crippen LogP contribution is -2.24. The third-order valence-corrected chi connectivity index (χ3v) is 4.30. The molecule has 1 aromatic carbocycles. The summed E-state index contributed by atoms with van der Waals surface area (Å²) in [7, 11) is 0. The molecule has 0 aromatic heterocycles. The maximum absolute atomic E-state index is 6.37. The number of hydrogen-bond donors (Lipinski definition) is 2. The number of halogens is 1. The highest BCUT2D eigenvalue weighted by Crippen LogP contribution is 2.40. The first-order valence-corrected chi connectivity index (χ1v) is 6.75. The van der Waals surface area contributed by atoms with Crippen LogP contribution in [0, 0.1) is 0 Å². The summed E-state index contributed by atoms with van der Waals surface area (Å²) >= 11 is 3.58. The monoisotopic (exact) mass is 293 g/mol. The Bertz CT molecular complexity index is 495. The van der Waals surface area contributed by atoms with Crippen LogP contribution >= 0.6 is 15.9 Å². The Balaban J connectivity index is 2.01. The van der Waals surface area contributed by atoms with Crippen molar-refractivity contribution in [1.29, 1.82) is 0 Å². The lowest BCUT2D eigenvalue weighted by Gasteiger charge is -2.26. The summed E-state index contributed by atoms with van der Waals surface area (Å²) < 4.78 is 1.09. The van der Waals surface area contributed by atoms with Gasteiger partial charge in [-0.05, 0) is 39.7 Å². The van der Waals surface area contributed by atoms with Crippen molar-refractivity contribution < 1.29 is 0 Å². The van der Waals surface area contributed by atoms with E-state index in [1.165, 1.54) is 16.8 Å². The molecule has 4 heteroatoms. The molecule has 0 saturated carbocycles. The number of anilines is 1. The van der Waals surface area contributed by atoms with Crippen LogP contribution in [0.25, 0.3) is 0 Å². The SMILES string of the molecule is CCN1CC2=C(C1)C(N)c1cccc(Br)c1N2. The molecule has 17 heavy (non-hydrogen) atoms. The number of fused-ring (bicyclic) bond motifs is 1. The summed E-state index contributed by atoms with van der Waals surface area (Å²) in [6, 6.07) is 6.24. The normalized spacial score (nSPS) is 23.4. The van der Waals surface area contributed by atoms with Crippen molar-refractivity contribution in [3.05, 3.63) is 39.5 Å². The van der Waals surface area contributed by atoms with E-state index in [0.29, 0.717) is 0 Å². The second kappa shape index (κ2) is 4.12. The van der Waals surface area contributed by atoms with Gasteiger partial charge in [-0.1, -0.05) is 19.1 Å². The average Bonchev–Trinajstić information content (AvgIpc) is 2.74. The Morgan fingerprint density at radius 2 is 2.29 bits per heavy atom. The molecule has 0 aliphatic carbocycles. The van der Waals surface area contributed by atoms with E-state index in [1.807, 2.05) is 6.07 Å². The number of benzene rings is 1. The van der Waals surface area contributed by atoms with Gasteiger partial charge in [0.1, 0.15) is 0 Å². The Kier molecular flexibility index (Phi) is 2.73. The quantitative estimate of drug-likeness (QED) is 0.836. The van der Waals surface area contributed by atoms with Crippen molar-refractivity contribution in [2.45, 2.75) is 13.0 Å². The molecule has 90 valence electrons. The molecule has 0 bridgehead atoms. The highest BCUT2D eigenvalue weighted by Gasteiger charge is 2.31. The molecule has 1 unspecified atom stereocenters. The smallest absolute Gasteiger partial charge is 0.0578 e. The van der Waals surface area contributed by atoms with Gasteiger partial charge in [-0.25, -0.2) is 0 Å². The van der Waals surface area contributed by atoms with Crippen molar-refractivity contribution in [2.75, 3.05) is 25.0 Å². The largest absolute Gasteiger partial charge is 0.357 e. The molecule has 0 spiro atoms. The van der Waals surface area contributed by atoms with Gasteiger partial charge in [-0.15, -0.1) is 0 Å². The maximum Gasteiger partial charge on any atom is 0.0578 e. The Morgan fingerprint density at radius 1 is 1.47 bits per heavy atom. The number of para-hydroxylation sites is 1. The van der Waals surface area contributed by atoms with E-state index >= 15 is 0 Å². The predicted octanol–water partition coefficient (Wildman–Crippen LogP) is 2.46. The van der Waals surface area contributed by atoms with Crippen LogP contribution in [0.5, 0.6) is 0 Å². The number of nitrogens with one attached hydrogen (secondary N) is 1.